The van der Waals surface area contributed by atoms with Gasteiger partial charge in [0.1, 0.15) is 5.82 Å². The maximum Gasteiger partial charge on any atom is 0.125 e. The second-order valence-electron chi connectivity index (χ2n) is 3.76. The largest absolute Gasteiger partial charge is 0.396 e. The average Bonchev–Trinajstić information content (AvgIpc) is 2.69. The first kappa shape index (κ1) is 13.5. The minimum absolute atomic E-state index is 0.290. The molecule has 1 aromatic rings. The van der Waals surface area contributed by atoms with Gasteiger partial charge in [0.15, 0.2) is 0 Å². The minimum Gasteiger partial charge on any atom is -0.396 e. The van der Waals surface area contributed by atoms with Gasteiger partial charge in [-0.25, -0.2) is 4.98 Å². The van der Waals surface area contributed by atoms with E-state index >= 15 is 0 Å². The molecular weight excluding hydrogens is 222 g/mol. The molecular formula is C11H21N3OS. The summed E-state index contributed by atoms with van der Waals surface area (Å²) in [5, 5.41) is 12.1. The van der Waals surface area contributed by atoms with Gasteiger partial charge >= 0.3 is 0 Å². The molecule has 0 aliphatic heterocycles. The summed E-state index contributed by atoms with van der Waals surface area (Å²) in [6.45, 7) is 3.40. The summed E-state index contributed by atoms with van der Waals surface area (Å²) < 4.78 is 2.04. The molecule has 16 heavy (non-hydrogen) atoms. The summed E-state index contributed by atoms with van der Waals surface area (Å²) in [5.74, 6) is 3.18. The predicted molar refractivity (Wildman–Crippen MR) is 68.7 cm³/mol. The van der Waals surface area contributed by atoms with Crippen molar-refractivity contribution < 1.29 is 5.11 Å². The first-order valence-corrected chi connectivity index (χ1v) is 6.80. The summed E-state index contributed by atoms with van der Waals surface area (Å²) in [6.07, 6.45) is 4.67. The van der Waals surface area contributed by atoms with Crippen molar-refractivity contribution in [3.8, 4) is 0 Å². The molecule has 1 atom stereocenters. The van der Waals surface area contributed by atoms with Crippen molar-refractivity contribution in [2.24, 2.45) is 7.05 Å². The molecule has 0 radical (unpaired) electrons. The van der Waals surface area contributed by atoms with Gasteiger partial charge in [0.05, 0.1) is 6.04 Å². The summed E-state index contributed by atoms with van der Waals surface area (Å²) >= 11 is 1.87. The third kappa shape index (κ3) is 4.55. The molecule has 0 saturated heterocycles. The SMILES string of the molecule is CC(NCCSCCCO)c1nccn1C. The van der Waals surface area contributed by atoms with Crippen molar-refractivity contribution >= 4 is 11.8 Å². The summed E-state index contributed by atoms with van der Waals surface area (Å²) in [7, 11) is 2.01. The van der Waals surface area contributed by atoms with Gasteiger partial charge < -0.3 is 15.0 Å². The van der Waals surface area contributed by atoms with Crippen LogP contribution in [0.15, 0.2) is 12.4 Å². The molecule has 1 rings (SSSR count). The standard InChI is InChI=1S/C11H21N3OS/c1-10(11-13-4-6-14(11)2)12-5-9-16-8-3-7-15/h4,6,10,12,15H,3,5,7-9H2,1-2H3. The Morgan fingerprint density at radius 1 is 1.56 bits per heavy atom. The van der Waals surface area contributed by atoms with Crippen LogP contribution in [0.2, 0.25) is 0 Å². The Bertz CT molecular complexity index is 291. The number of rotatable bonds is 8. The highest BCUT2D eigenvalue weighted by Gasteiger charge is 2.08. The number of nitrogens with zero attached hydrogens (tertiary/aromatic N) is 2. The van der Waals surface area contributed by atoms with Crippen LogP contribution in [0.5, 0.6) is 0 Å². The van der Waals surface area contributed by atoms with Gasteiger partial charge in [0.25, 0.3) is 0 Å². The van der Waals surface area contributed by atoms with Crippen molar-refractivity contribution in [1.82, 2.24) is 14.9 Å². The van der Waals surface area contributed by atoms with E-state index in [9.17, 15) is 0 Å². The Morgan fingerprint density at radius 3 is 3.00 bits per heavy atom. The van der Waals surface area contributed by atoms with Crippen LogP contribution in [0, 0.1) is 0 Å². The molecule has 0 aliphatic carbocycles. The van der Waals surface area contributed by atoms with Gasteiger partial charge in [-0.3, -0.25) is 0 Å². The van der Waals surface area contributed by atoms with E-state index < -0.39 is 0 Å². The van der Waals surface area contributed by atoms with E-state index in [4.69, 9.17) is 5.11 Å². The van der Waals surface area contributed by atoms with Gasteiger partial charge in [-0.2, -0.15) is 11.8 Å². The lowest BCUT2D eigenvalue weighted by atomic mass is 10.3. The molecule has 0 spiro atoms. The van der Waals surface area contributed by atoms with Crippen LogP contribution >= 0.6 is 11.8 Å². The Labute approximate surface area is 101 Å². The third-order valence-corrected chi connectivity index (χ3v) is 3.46. The molecule has 1 aromatic heterocycles. The number of aliphatic hydroxyl groups excluding tert-OH is 1. The first-order chi connectivity index (χ1) is 7.75. The number of aryl methyl sites for hydroxylation is 1. The van der Waals surface area contributed by atoms with E-state index in [1.807, 2.05) is 35.8 Å². The Hall–Kier alpha value is -0.520. The highest BCUT2D eigenvalue weighted by Crippen LogP contribution is 2.08. The number of hydrogen-bond donors (Lipinski definition) is 2. The number of aromatic nitrogens is 2. The van der Waals surface area contributed by atoms with Crippen LogP contribution < -0.4 is 5.32 Å². The topological polar surface area (TPSA) is 50.1 Å². The van der Waals surface area contributed by atoms with E-state index in [1.165, 1.54) is 0 Å². The fourth-order valence-corrected chi connectivity index (χ4v) is 2.30. The zero-order valence-electron chi connectivity index (χ0n) is 10.0. The maximum absolute atomic E-state index is 8.63. The molecule has 0 fully saturated rings. The number of thioether (sulfide) groups is 1. The van der Waals surface area contributed by atoms with Crippen molar-refractivity contribution in [1.29, 1.82) is 0 Å². The van der Waals surface area contributed by atoms with Crippen molar-refractivity contribution in [3.05, 3.63) is 18.2 Å². The second kappa shape index (κ2) is 7.70. The highest BCUT2D eigenvalue weighted by molar-refractivity contribution is 7.99. The van der Waals surface area contributed by atoms with Crippen molar-refractivity contribution in [2.75, 3.05) is 24.7 Å². The molecule has 4 nitrogen and oxygen atoms in total. The van der Waals surface area contributed by atoms with Gasteiger partial charge in [-0.05, 0) is 19.1 Å². The third-order valence-electron chi connectivity index (χ3n) is 2.39. The van der Waals surface area contributed by atoms with Crippen LogP contribution in [0.4, 0.5) is 0 Å². The van der Waals surface area contributed by atoms with Crippen LogP contribution in [0.25, 0.3) is 0 Å². The monoisotopic (exact) mass is 243 g/mol. The van der Waals surface area contributed by atoms with Crippen LogP contribution in [0.1, 0.15) is 25.2 Å². The molecule has 1 unspecified atom stereocenters. The maximum atomic E-state index is 8.63. The zero-order valence-corrected chi connectivity index (χ0v) is 10.8. The van der Waals surface area contributed by atoms with Gasteiger partial charge in [0.2, 0.25) is 0 Å². The fraction of sp³-hybridized carbons (Fsp3) is 0.727. The summed E-state index contributed by atoms with van der Waals surface area (Å²) in [4.78, 5) is 4.30. The quantitative estimate of drug-likeness (QED) is 0.673. The second-order valence-corrected chi connectivity index (χ2v) is 4.99. The molecule has 0 aliphatic rings. The smallest absolute Gasteiger partial charge is 0.125 e. The summed E-state index contributed by atoms with van der Waals surface area (Å²) in [5.41, 5.74) is 0. The lowest BCUT2D eigenvalue weighted by Crippen LogP contribution is -2.23. The Morgan fingerprint density at radius 2 is 2.38 bits per heavy atom. The molecule has 2 N–H and O–H groups in total. The molecule has 5 heteroatoms. The van der Waals surface area contributed by atoms with Crippen LogP contribution in [-0.4, -0.2) is 39.3 Å². The summed E-state index contributed by atoms with van der Waals surface area (Å²) in [6, 6.07) is 0.290. The molecule has 1 heterocycles. The van der Waals surface area contributed by atoms with Crippen molar-refractivity contribution in [3.63, 3.8) is 0 Å². The molecule has 0 aromatic carbocycles. The number of imidazole rings is 1. The highest BCUT2D eigenvalue weighted by atomic mass is 32.2. The number of aliphatic hydroxyl groups is 1. The minimum atomic E-state index is 0.290. The van der Waals surface area contributed by atoms with Crippen molar-refractivity contribution in [2.45, 2.75) is 19.4 Å². The Balaban J connectivity index is 2.11. The van der Waals surface area contributed by atoms with E-state index in [2.05, 4.69) is 17.2 Å². The van der Waals surface area contributed by atoms with E-state index in [0.717, 1.165) is 30.3 Å². The number of nitrogens with one attached hydrogen (secondary N) is 1. The predicted octanol–water partition coefficient (Wildman–Crippen LogP) is 1.19. The molecule has 0 amide bonds. The Kier molecular flexibility index (Phi) is 6.52. The van der Waals surface area contributed by atoms with Crippen LogP contribution in [0.3, 0.4) is 0 Å². The van der Waals surface area contributed by atoms with Gasteiger partial charge in [-0.15, -0.1) is 0 Å². The lowest BCUT2D eigenvalue weighted by molar-refractivity contribution is 0.296. The van der Waals surface area contributed by atoms with E-state index in [0.29, 0.717) is 12.6 Å². The van der Waals surface area contributed by atoms with E-state index in [1.54, 1.807) is 0 Å². The normalized spacial score (nSPS) is 12.9. The zero-order chi connectivity index (χ0) is 11.8. The first-order valence-electron chi connectivity index (χ1n) is 5.65. The van der Waals surface area contributed by atoms with E-state index in [-0.39, 0.29) is 0 Å². The lowest BCUT2D eigenvalue weighted by Gasteiger charge is -2.13. The number of hydrogen-bond acceptors (Lipinski definition) is 4. The fourth-order valence-electron chi connectivity index (χ4n) is 1.50. The van der Waals surface area contributed by atoms with Gasteiger partial charge in [-0.1, -0.05) is 0 Å². The molecule has 0 bridgehead atoms. The van der Waals surface area contributed by atoms with Crippen LogP contribution in [-0.2, 0) is 7.05 Å². The molecule has 0 saturated carbocycles. The molecule has 92 valence electrons. The van der Waals surface area contributed by atoms with Gasteiger partial charge in [0, 0.05) is 38.3 Å². The average molecular weight is 243 g/mol.